The lowest BCUT2D eigenvalue weighted by molar-refractivity contribution is -0.681. The number of aryl methyl sites for hydroxylation is 7. The summed E-state index contributed by atoms with van der Waals surface area (Å²) in [7, 11) is 4.31. The van der Waals surface area contributed by atoms with Crippen molar-refractivity contribution in [3.8, 4) is 11.3 Å². The van der Waals surface area contributed by atoms with Gasteiger partial charge in [0, 0.05) is 29.8 Å². The van der Waals surface area contributed by atoms with E-state index >= 15 is 0 Å². The Morgan fingerprint density at radius 3 is 1.88 bits per heavy atom. The van der Waals surface area contributed by atoms with E-state index in [1.54, 1.807) is 0 Å². The number of pyridine rings is 2. The Hall–Kier alpha value is -3.26. The predicted octanol–water partition coefficient (Wildman–Crippen LogP) is 6.21. The first kappa shape index (κ1) is 23.9. The second-order valence-corrected chi connectivity index (χ2v) is 10.3. The van der Waals surface area contributed by atoms with Crippen molar-refractivity contribution >= 4 is 0 Å². The van der Waals surface area contributed by atoms with Crippen LogP contribution in [-0.4, -0.2) is 0 Å². The largest absolute Gasteiger partial charge is 0.212 e. The standard InChI is InChI=1S/C32H38N2/c1-21-10-11-25(5)28(17-21)32(7,31-20-23(3)13-15-34(31)9)29-18-24(4)16-27(26(29)6)30-19-22(2)12-14-33(30)8/h10-20H,1-9H3/q+2. The van der Waals surface area contributed by atoms with Crippen LogP contribution in [0.25, 0.3) is 11.3 Å². The molecule has 4 aromatic rings. The molecule has 0 aliphatic heterocycles. The first-order valence-electron chi connectivity index (χ1n) is 12.1. The fourth-order valence-electron chi connectivity index (χ4n) is 5.45. The van der Waals surface area contributed by atoms with Crippen molar-refractivity contribution in [1.29, 1.82) is 0 Å². The Morgan fingerprint density at radius 2 is 1.18 bits per heavy atom. The summed E-state index contributed by atoms with van der Waals surface area (Å²) in [6.45, 7) is 15.7. The molecule has 0 aliphatic rings. The van der Waals surface area contributed by atoms with E-state index in [0.717, 1.165) is 0 Å². The van der Waals surface area contributed by atoms with E-state index in [0.29, 0.717) is 0 Å². The number of benzene rings is 2. The Balaban J connectivity index is 2.14. The minimum absolute atomic E-state index is 0.315. The van der Waals surface area contributed by atoms with Gasteiger partial charge >= 0.3 is 0 Å². The Kier molecular flexibility index (Phi) is 6.20. The number of nitrogens with zero attached hydrogens (tertiary/aromatic N) is 2. The molecule has 34 heavy (non-hydrogen) atoms. The molecule has 0 spiro atoms. The summed E-state index contributed by atoms with van der Waals surface area (Å²) in [5, 5.41) is 0. The van der Waals surface area contributed by atoms with Gasteiger partial charge in [0.25, 0.3) is 0 Å². The lowest BCUT2D eigenvalue weighted by Crippen LogP contribution is -2.44. The van der Waals surface area contributed by atoms with Crippen LogP contribution in [0.2, 0.25) is 0 Å². The van der Waals surface area contributed by atoms with Crippen LogP contribution in [-0.2, 0) is 19.5 Å². The summed E-state index contributed by atoms with van der Waals surface area (Å²) in [6, 6.07) is 20.6. The molecule has 2 nitrogen and oxygen atoms in total. The average Bonchev–Trinajstić information content (AvgIpc) is 2.79. The van der Waals surface area contributed by atoms with Crippen LogP contribution in [0.5, 0.6) is 0 Å². The fourth-order valence-corrected chi connectivity index (χ4v) is 5.45. The molecular weight excluding hydrogens is 412 g/mol. The van der Waals surface area contributed by atoms with Gasteiger partial charge in [-0.1, -0.05) is 29.8 Å². The lowest BCUT2D eigenvalue weighted by atomic mass is 9.68. The van der Waals surface area contributed by atoms with Gasteiger partial charge in [0.05, 0.1) is 0 Å². The normalized spacial score (nSPS) is 13.1. The Morgan fingerprint density at radius 1 is 0.588 bits per heavy atom. The van der Waals surface area contributed by atoms with Crippen molar-refractivity contribution in [3.05, 3.63) is 117 Å². The van der Waals surface area contributed by atoms with Crippen molar-refractivity contribution in [2.75, 3.05) is 0 Å². The Labute approximate surface area is 205 Å². The van der Waals surface area contributed by atoms with Gasteiger partial charge in [0.2, 0.25) is 5.69 Å². The molecule has 0 fully saturated rings. The summed E-state index contributed by atoms with van der Waals surface area (Å²) in [5.74, 6) is 0. The summed E-state index contributed by atoms with van der Waals surface area (Å²) in [4.78, 5) is 0. The average molecular weight is 451 g/mol. The van der Waals surface area contributed by atoms with Crippen LogP contribution in [0.3, 0.4) is 0 Å². The molecule has 0 saturated carbocycles. The van der Waals surface area contributed by atoms with Gasteiger partial charge in [0.15, 0.2) is 18.1 Å². The first-order valence-corrected chi connectivity index (χ1v) is 12.1. The molecule has 174 valence electrons. The molecule has 2 heterocycles. The zero-order valence-electron chi connectivity index (χ0n) is 22.2. The molecule has 4 rings (SSSR count). The van der Waals surface area contributed by atoms with Gasteiger partial charge in [-0.05, 0) is 93.5 Å². The van der Waals surface area contributed by atoms with E-state index < -0.39 is 0 Å². The van der Waals surface area contributed by atoms with E-state index in [9.17, 15) is 0 Å². The highest BCUT2D eigenvalue weighted by Gasteiger charge is 2.41. The summed E-state index contributed by atoms with van der Waals surface area (Å²) < 4.78 is 4.53. The van der Waals surface area contributed by atoms with Crippen molar-refractivity contribution in [3.63, 3.8) is 0 Å². The van der Waals surface area contributed by atoms with Crippen LogP contribution in [0.1, 0.15) is 57.1 Å². The lowest BCUT2D eigenvalue weighted by Gasteiger charge is -2.33. The van der Waals surface area contributed by atoms with Crippen molar-refractivity contribution in [1.82, 2.24) is 0 Å². The topological polar surface area (TPSA) is 7.76 Å². The third-order valence-corrected chi connectivity index (χ3v) is 7.42. The van der Waals surface area contributed by atoms with Gasteiger partial charge in [-0.25, -0.2) is 9.13 Å². The highest BCUT2D eigenvalue weighted by atomic mass is 14.9. The van der Waals surface area contributed by atoms with Crippen molar-refractivity contribution < 1.29 is 9.13 Å². The van der Waals surface area contributed by atoms with Crippen LogP contribution in [0.15, 0.2) is 67.0 Å². The monoisotopic (exact) mass is 450 g/mol. The molecule has 2 heteroatoms. The van der Waals surface area contributed by atoms with Crippen LogP contribution in [0.4, 0.5) is 0 Å². The highest BCUT2D eigenvalue weighted by Crippen LogP contribution is 2.43. The molecule has 0 N–H and O–H groups in total. The molecule has 1 atom stereocenters. The van der Waals surface area contributed by atoms with E-state index in [-0.39, 0.29) is 5.41 Å². The molecule has 2 aromatic heterocycles. The van der Waals surface area contributed by atoms with Gasteiger partial charge < -0.3 is 0 Å². The zero-order valence-corrected chi connectivity index (χ0v) is 22.2. The number of hydrogen-bond acceptors (Lipinski definition) is 0. The van der Waals surface area contributed by atoms with Gasteiger partial charge in [-0.15, -0.1) is 0 Å². The fraction of sp³-hybridized carbons (Fsp3) is 0.312. The SMILES string of the molecule is Cc1ccc(C)c(C(C)(c2cc(C)cc(-c3cc(C)cc[n+]3C)c2C)c2cc(C)cc[n+]2C)c1. The van der Waals surface area contributed by atoms with Gasteiger partial charge in [-0.3, -0.25) is 0 Å². The third-order valence-electron chi connectivity index (χ3n) is 7.42. The quantitative estimate of drug-likeness (QED) is 0.327. The van der Waals surface area contributed by atoms with Gasteiger partial charge in [0.1, 0.15) is 19.5 Å². The van der Waals surface area contributed by atoms with Crippen molar-refractivity contribution in [2.45, 2.75) is 53.9 Å². The van der Waals surface area contributed by atoms with Crippen LogP contribution < -0.4 is 9.13 Å². The number of aromatic nitrogens is 2. The highest BCUT2D eigenvalue weighted by molar-refractivity contribution is 5.68. The van der Waals surface area contributed by atoms with Crippen LogP contribution in [0, 0.1) is 41.5 Å². The molecule has 1 unspecified atom stereocenters. The zero-order chi connectivity index (χ0) is 24.8. The summed E-state index contributed by atoms with van der Waals surface area (Å²) in [6.07, 6.45) is 4.36. The Bertz CT molecular complexity index is 1340. The minimum atomic E-state index is -0.315. The number of hydrogen-bond donors (Lipinski definition) is 0. The smallest absolute Gasteiger partial charge is 0.204 e. The maximum Gasteiger partial charge on any atom is 0.212 e. The maximum absolute atomic E-state index is 2.41. The second-order valence-electron chi connectivity index (χ2n) is 10.3. The molecule has 0 aliphatic carbocycles. The second kappa shape index (κ2) is 8.83. The van der Waals surface area contributed by atoms with Gasteiger partial charge in [-0.2, -0.15) is 0 Å². The number of rotatable bonds is 4. The first-order chi connectivity index (χ1) is 16.0. The van der Waals surface area contributed by atoms with E-state index in [1.807, 2.05) is 0 Å². The summed E-state index contributed by atoms with van der Waals surface area (Å²) in [5.41, 5.74) is 14.0. The summed E-state index contributed by atoms with van der Waals surface area (Å²) >= 11 is 0. The van der Waals surface area contributed by atoms with Crippen molar-refractivity contribution in [2.24, 2.45) is 14.1 Å². The minimum Gasteiger partial charge on any atom is -0.204 e. The molecule has 0 saturated heterocycles. The molecule has 0 bridgehead atoms. The van der Waals surface area contributed by atoms with E-state index in [2.05, 4.69) is 139 Å². The molecule has 2 aromatic carbocycles. The molecule has 0 amide bonds. The molecule has 0 radical (unpaired) electrons. The predicted molar refractivity (Wildman–Crippen MR) is 141 cm³/mol. The van der Waals surface area contributed by atoms with Crippen LogP contribution >= 0.6 is 0 Å². The maximum atomic E-state index is 2.41. The molecular formula is C32H38N2+2. The third kappa shape index (κ3) is 4.07. The van der Waals surface area contributed by atoms with E-state index in [1.165, 1.54) is 61.5 Å². The van der Waals surface area contributed by atoms with E-state index in [4.69, 9.17) is 0 Å².